The molecule has 2 N–H and O–H groups in total. The van der Waals surface area contributed by atoms with Gasteiger partial charge in [0.25, 0.3) is 0 Å². The molecule has 6 rings (SSSR count). The summed E-state index contributed by atoms with van der Waals surface area (Å²) in [5.41, 5.74) is 9.86. The monoisotopic (exact) mass is 515 g/mol. The predicted octanol–water partition coefficient (Wildman–Crippen LogP) is 2.68. The van der Waals surface area contributed by atoms with Gasteiger partial charge in [0.2, 0.25) is 5.95 Å². The molecule has 38 heavy (non-hydrogen) atoms. The van der Waals surface area contributed by atoms with Gasteiger partial charge in [-0.15, -0.1) is 0 Å². The van der Waals surface area contributed by atoms with E-state index < -0.39 is 0 Å². The van der Waals surface area contributed by atoms with Crippen molar-refractivity contribution in [1.82, 2.24) is 34.2 Å². The molecule has 11 nitrogen and oxygen atoms in total. The first-order valence-electron chi connectivity index (χ1n) is 12.9. The summed E-state index contributed by atoms with van der Waals surface area (Å²) in [6.45, 7) is 7.19. The van der Waals surface area contributed by atoms with Crippen LogP contribution in [0.15, 0.2) is 59.3 Å². The van der Waals surface area contributed by atoms with E-state index >= 15 is 0 Å². The molecule has 0 atom stereocenters. The second-order valence-corrected chi connectivity index (χ2v) is 9.85. The molecule has 1 fully saturated rings. The van der Waals surface area contributed by atoms with E-state index in [-0.39, 0.29) is 0 Å². The van der Waals surface area contributed by atoms with Crippen molar-refractivity contribution in [2.24, 2.45) is 0 Å². The first-order valence-corrected chi connectivity index (χ1v) is 12.9. The van der Waals surface area contributed by atoms with Crippen LogP contribution in [0.5, 0.6) is 5.75 Å². The van der Waals surface area contributed by atoms with E-state index in [1.54, 1.807) is 10.8 Å². The van der Waals surface area contributed by atoms with Crippen LogP contribution in [0.2, 0.25) is 0 Å². The average molecular weight is 516 g/mol. The Morgan fingerprint density at radius 2 is 1.87 bits per heavy atom. The summed E-state index contributed by atoms with van der Waals surface area (Å²) < 4.78 is 14.9. The number of nitrogen functional groups attached to an aromatic ring is 1. The highest BCUT2D eigenvalue weighted by molar-refractivity contribution is 5.93. The smallest absolute Gasteiger partial charge is 0.223 e. The van der Waals surface area contributed by atoms with Crippen molar-refractivity contribution in [3.05, 3.63) is 54.9 Å². The van der Waals surface area contributed by atoms with Crippen LogP contribution in [-0.2, 0) is 6.54 Å². The fourth-order valence-corrected chi connectivity index (χ4v) is 4.85. The molecule has 5 heterocycles. The molecule has 1 aliphatic rings. The Balaban J connectivity index is 1.07. The van der Waals surface area contributed by atoms with Crippen LogP contribution in [0.1, 0.15) is 0 Å². The van der Waals surface area contributed by atoms with Gasteiger partial charge in [-0.2, -0.15) is 19.7 Å². The summed E-state index contributed by atoms with van der Waals surface area (Å²) in [6, 6.07) is 14.1. The summed E-state index contributed by atoms with van der Waals surface area (Å²) >= 11 is 0. The number of hydrogen-bond acceptors (Lipinski definition) is 9. The largest absolute Gasteiger partial charge is 0.492 e. The Morgan fingerprint density at radius 3 is 2.61 bits per heavy atom. The van der Waals surface area contributed by atoms with Gasteiger partial charge in [0.05, 0.1) is 29.9 Å². The van der Waals surface area contributed by atoms with E-state index in [9.17, 15) is 0 Å². The lowest BCUT2D eigenvalue weighted by Gasteiger charge is -2.36. The van der Waals surface area contributed by atoms with Crippen molar-refractivity contribution in [2.45, 2.75) is 6.54 Å². The third-order valence-corrected chi connectivity index (χ3v) is 7.02. The number of piperazine rings is 1. The molecule has 0 radical (unpaired) electrons. The van der Waals surface area contributed by atoms with Crippen molar-refractivity contribution in [3.8, 4) is 17.2 Å². The zero-order chi connectivity index (χ0) is 26.1. The molecule has 11 heteroatoms. The van der Waals surface area contributed by atoms with Gasteiger partial charge in [0, 0.05) is 45.0 Å². The van der Waals surface area contributed by atoms with Crippen molar-refractivity contribution >= 4 is 28.2 Å². The van der Waals surface area contributed by atoms with Crippen LogP contribution in [0, 0.1) is 0 Å². The molecular formula is C27H33N9O2. The number of ether oxygens (including phenoxy) is 1. The minimum Gasteiger partial charge on any atom is -0.492 e. The molecule has 4 aromatic heterocycles. The molecule has 198 valence electrons. The lowest BCUT2D eigenvalue weighted by atomic mass is 10.2. The molecule has 0 spiro atoms. The Kier molecular flexibility index (Phi) is 6.61. The molecule has 0 amide bonds. The van der Waals surface area contributed by atoms with E-state index in [2.05, 4.69) is 54.1 Å². The Bertz CT molecular complexity index is 1500. The number of nitrogens with zero attached hydrogens (tertiary/aromatic N) is 8. The molecular weight excluding hydrogens is 482 g/mol. The lowest BCUT2D eigenvalue weighted by molar-refractivity contribution is 0.245. The lowest BCUT2D eigenvalue weighted by Crippen LogP contribution is -2.47. The van der Waals surface area contributed by atoms with Gasteiger partial charge in [0.15, 0.2) is 11.4 Å². The van der Waals surface area contributed by atoms with Crippen molar-refractivity contribution < 1.29 is 9.15 Å². The summed E-state index contributed by atoms with van der Waals surface area (Å²) in [7, 11) is 4.10. The normalized spacial score (nSPS) is 14.8. The Labute approximate surface area is 221 Å². The highest BCUT2D eigenvalue weighted by atomic mass is 16.5. The maximum atomic E-state index is 6.26. The SMILES string of the molecule is CN(C)CCOc1ccc(N2CCN(CCn3ncc4c3nc(N)n3nc(-c5ccco5)cc43)CC2)cc1. The summed E-state index contributed by atoms with van der Waals surface area (Å²) in [6.07, 6.45) is 3.48. The zero-order valence-corrected chi connectivity index (χ0v) is 21.8. The van der Waals surface area contributed by atoms with Crippen molar-refractivity contribution in [3.63, 3.8) is 0 Å². The number of aromatic nitrogens is 5. The second kappa shape index (κ2) is 10.3. The van der Waals surface area contributed by atoms with Crippen molar-refractivity contribution in [2.75, 3.05) is 70.6 Å². The number of furan rings is 1. The van der Waals surface area contributed by atoms with Crippen LogP contribution < -0.4 is 15.4 Å². The maximum Gasteiger partial charge on any atom is 0.223 e. The van der Waals surface area contributed by atoms with Crippen LogP contribution in [0.3, 0.4) is 0 Å². The van der Waals surface area contributed by atoms with Crippen LogP contribution in [-0.4, -0.2) is 94.1 Å². The Morgan fingerprint density at radius 1 is 1.05 bits per heavy atom. The molecule has 1 aliphatic heterocycles. The van der Waals surface area contributed by atoms with Gasteiger partial charge < -0.3 is 24.7 Å². The first kappa shape index (κ1) is 24.3. The highest BCUT2D eigenvalue weighted by Crippen LogP contribution is 2.26. The summed E-state index contributed by atoms with van der Waals surface area (Å²) in [5, 5.41) is 10.1. The fourth-order valence-electron chi connectivity index (χ4n) is 4.85. The standard InChI is InChI=1S/C27H33N9O2/c1-32(2)15-17-37-21-7-5-20(6-8-21)34-12-9-33(10-13-34)11-14-35-26-22(19-29-35)24-18-23(25-4-3-16-38-25)31-36(24)27(28)30-26/h3-8,16,18-19H,9-15,17H2,1-2H3,(H2,28,30). The van der Waals surface area contributed by atoms with E-state index in [1.165, 1.54) is 5.69 Å². The number of anilines is 2. The number of hydrogen-bond donors (Lipinski definition) is 1. The van der Waals surface area contributed by atoms with Gasteiger partial charge in [0.1, 0.15) is 18.1 Å². The van der Waals surface area contributed by atoms with Gasteiger partial charge in [-0.1, -0.05) is 0 Å². The van der Waals surface area contributed by atoms with E-state index in [0.717, 1.165) is 68.1 Å². The molecule has 0 unspecified atom stereocenters. The predicted molar refractivity (Wildman–Crippen MR) is 148 cm³/mol. The first-order chi connectivity index (χ1) is 18.5. The van der Waals surface area contributed by atoms with Crippen LogP contribution in [0.4, 0.5) is 11.6 Å². The zero-order valence-electron chi connectivity index (χ0n) is 21.8. The van der Waals surface area contributed by atoms with Crippen LogP contribution >= 0.6 is 0 Å². The van der Waals surface area contributed by atoms with Crippen LogP contribution in [0.25, 0.3) is 28.0 Å². The molecule has 1 aromatic carbocycles. The minimum absolute atomic E-state index is 0.329. The topological polar surface area (TPSA) is 106 Å². The number of likely N-dealkylation sites (N-methyl/N-ethyl adjacent to an activating group) is 1. The van der Waals surface area contributed by atoms with E-state index in [4.69, 9.17) is 14.9 Å². The van der Waals surface area contributed by atoms with Gasteiger partial charge in [-0.05, 0) is 56.6 Å². The van der Waals surface area contributed by atoms with Gasteiger partial charge in [-0.25, -0.2) is 4.68 Å². The number of fused-ring (bicyclic) bond motifs is 3. The molecule has 0 aliphatic carbocycles. The third kappa shape index (κ3) is 4.90. The summed E-state index contributed by atoms with van der Waals surface area (Å²) in [4.78, 5) is 11.6. The second-order valence-electron chi connectivity index (χ2n) is 9.85. The Hall–Kier alpha value is -4.09. The molecule has 0 bridgehead atoms. The molecule has 1 saturated heterocycles. The highest BCUT2D eigenvalue weighted by Gasteiger charge is 2.19. The molecule has 5 aromatic rings. The fraction of sp³-hybridized carbons (Fsp3) is 0.370. The summed E-state index contributed by atoms with van der Waals surface area (Å²) in [5.74, 6) is 1.94. The van der Waals surface area contributed by atoms with Gasteiger partial charge in [-0.3, -0.25) is 4.90 Å². The quantitative estimate of drug-likeness (QED) is 0.317. The third-order valence-electron chi connectivity index (χ3n) is 7.02. The van der Waals surface area contributed by atoms with Gasteiger partial charge >= 0.3 is 0 Å². The maximum absolute atomic E-state index is 6.26. The van der Waals surface area contributed by atoms with E-state index in [0.29, 0.717) is 24.0 Å². The molecule has 0 saturated carbocycles. The average Bonchev–Trinajstić information content (AvgIpc) is 3.68. The van der Waals surface area contributed by atoms with E-state index in [1.807, 2.05) is 43.2 Å². The number of benzene rings is 1. The van der Waals surface area contributed by atoms with Crippen molar-refractivity contribution in [1.29, 1.82) is 0 Å². The number of nitrogens with two attached hydrogens (primary N) is 1. The minimum atomic E-state index is 0.329. The number of rotatable bonds is 9.